The summed E-state index contributed by atoms with van der Waals surface area (Å²) in [5.41, 5.74) is 3.30. The third-order valence-corrected chi connectivity index (χ3v) is 5.77. The van der Waals surface area contributed by atoms with Gasteiger partial charge in [0.05, 0.1) is 29.3 Å². The Bertz CT molecular complexity index is 751. The number of thiazole rings is 1. The van der Waals surface area contributed by atoms with Crippen LogP contribution >= 0.6 is 11.3 Å². The van der Waals surface area contributed by atoms with Gasteiger partial charge in [-0.05, 0) is 31.4 Å². The molecule has 2 atom stereocenters. The maximum absolute atomic E-state index is 12.3. The Kier molecular flexibility index (Phi) is 6.99. The highest BCUT2D eigenvalue weighted by atomic mass is 32.1. The zero-order valence-corrected chi connectivity index (χ0v) is 17.2. The summed E-state index contributed by atoms with van der Waals surface area (Å²) in [5, 5.41) is 6.11. The molecule has 1 aliphatic heterocycles. The highest BCUT2D eigenvalue weighted by molar-refractivity contribution is 7.09. The predicted molar refractivity (Wildman–Crippen MR) is 109 cm³/mol. The molecule has 0 saturated carbocycles. The first-order valence-corrected chi connectivity index (χ1v) is 10.6. The summed E-state index contributed by atoms with van der Waals surface area (Å²) in [6.45, 7) is 9.64. The van der Waals surface area contributed by atoms with E-state index < -0.39 is 0 Å². The van der Waals surface area contributed by atoms with Crippen LogP contribution in [-0.2, 0) is 35.5 Å². The molecule has 1 saturated heterocycles. The molecular weight excluding hydrogens is 358 g/mol. The summed E-state index contributed by atoms with van der Waals surface area (Å²) in [4.78, 5) is 19.2. The van der Waals surface area contributed by atoms with Gasteiger partial charge in [-0.25, -0.2) is 4.98 Å². The van der Waals surface area contributed by atoms with Crippen molar-refractivity contribution in [2.75, 3.05) is 13.1 Å². The molecule has 5 nitrogen and oxygen atoms in total. The van der Waals surface area contributed by atoms with Crippen LogP contribution in [0.2, 0.25) is 0 Å². The first-order valence-electron chi connectivity index (χ1n) is 9.68. The van der Waals surface area contributed by atoms with E-state index in [0.717, 1.165) is 36.8 Å². The molecule has 1 amide bonds. The number of aryl methyl sites for hydroxylation is 1. The largest absolute Gasteiger partial charge is 0.373 e. The maximum Gasteiger partial charge on any atom is 0.226 e. The van der Waals surface area contributed by atoms with Crippen LogP contribution < -0.4 is 5.32 Å². The smallest absolute Gasteiger partial charge is 0.226 e. The highest BCUT2D eigenvalue weighted by Gasteiger charge is 2.22. The highest BCUT2D eigenvalue weighted by Crippen LogP contribution is 2.17. The van der Waals surface area contributed by atoms with Gasteiger partial charge in [0.2, 0.25) is 5.91 Å². The number of carbonyl (C=O) groups excluding carboxylic acids is 1. The number of aromatic nitrogens is 1. The number of rotatable bonds is 7. The van der Waals surface area contributed by atoms with Gasteiger partial charge in [0.25, 0.3) is 0 Å². The normalized spacial score (nSPS) is 20.6. The van der Waals surface area contributed by atoms with Gasteiger partial charge in [-0.1, -0.05) is 31.2 Å². The molecule has 3 rings (SSSR count). The molecule has 0 aliphatic carbocycles. The summed E-state index contributed by atoms with van der Waals surface area (Å²) >= 11 is 1.62. The van der Waals surface area contributed by atoms with Gasteiger partial charge < -0.3 is 10.1 Å². The summed E-state index contributed by atoms with van der Waals surface area (Å²) < 4.78 is 5.83. The van der Waals surface area contributed by atoms with Crippen LogP contribution in [-0.4, -0.2) is 41.1 Å². The number of ether oxygens (including phenoxy) is 1. The van der Waals surface area contributed by atoms with Crippen molar-refractivity contribution in [3.05, 3.63) is 51.5 Å². The molecule has 6 heteroatoms. The van der Waals surface area contributed by atoms with E-state index >= 15 is 0 Å². The standard InChI is InChI=1S/C21H29N3O2S/c1-4-21-23-19(14-27-21)9-20(25)22-10-17-7-5-6-8-18(17)13-24-11-15(2)26-16(3)12-24/h5-8,14-16H,4,9-13H2,1-3H3,(H,22,25)/t15-,16-/m1/s1. The van der Waals surface area contributed by atoms with E-state index in [-0.39, 0.29) is 18.1 Å². The van der Waals surface area contributed by atoms with E-state index in [4.69, 9.17) is 4.74 Å². The molecule has 1 aromatic carbocycles. The van der Waals surface area contributed by atoms with Crippen LogP contribution in [0.3, 0.4) is 0 Å². The molecule has 1 fully saturated rings. The minimum absolute atomic E-state index is 0.0198. The lowest BCUT2D eigenvalue weighted by Crippen LogP contribution is -2.45. The number of amides is 1. The Morgan fingerprint density at radius 1 is 1.26 bits per heavy atom. The fourth-order valence-corrected chi connectivity index (χ4v) is 4.30. The van der Waals surface area contributed by atoms with Crippen molar-refractivity contribution >= 4 is 17.2 Å². The number of benzene rings is 1. The van der Waals surface area contributed by atoms with E-state index in [1.54, 1.807) is 11.3 Å². The van der Waals surface area contributed by atoms with Crippen LogP contribution in [0.25, 0.3) is 0 Å². The molecule has 1 aliphatic rings. The number of carbonyl (C=O) groups is 1. The first kappa shape index (κ1) is 20.0. The molecule has 2 aromatic rings. The zero-order chi connectivity index (χ0) is 19.2. The molecule has 2 heterocycles. The Balaban J connectivity index is 1.56. The Hall–Kier alpha value is -1.76. The number of hydrogen-bond acceptors (Lipinski definition) is 5. The van der Waals surface area contributed by atoms with Gasteiger partial charge in [-0.2, -0.15) is 0 Å². The van der Waals surface area contributed by atoms with Crippen LogP contribution in [0, 0.1) is 0 Å². The van der Waals surface area contributed by atoms with Crippen molar-refractivity contribution in [1.29, 1.82) is 0 Å². The average Bonchev–Trinajstić information content (AvgIpc) is 3.07. The minimum atomic E-state index is 0.0198. The van der Waals surface area contributed by atoms with Crippen molar-refractivity contribution in [1.82, 2.24) is 15.2 Å². The summed E-state index contributed by atoms with van der Waals surface area (Å²) in [7, 11) is 0. The van der Waals surface area contributed by atoms with Crippen LogP contribution in [0.5, 0.6) is 0 Å². The molecule has 1 aromatic heterocycles. The molecular formula is C21H29N3O2S. The number of nitrogens with zero attached hydrogens (tertiary/aromatic N) is 2. The van der Waals surface area contributed by atoms with Crippen molar-refractivity contribution in [2.45, 2.75) is 58.9 Å². The van der Waals surface area contributed by atoms with Crippen molar-refractivity contribution in [3.63, 3.8) is 0 Å². The molecule has 0 radical (unpaired) electrons. The van der Waals surface area contributed by atoms with Gasteiger partial charge >= 0.3 is 0 Å². The van der Waals surface area contributed by atoms with Crippen LogP contribution in [0.15, 0.2) is 29.6 Å². The second-order valence-electron chi connectivity index (χ2n) is 7.26. The van der Waals surface area contributed by atoms with Crippen molar-refractivity contribution in [3.8, 4) is 0 Å². The van der Waals surface area contributed by atoms with E-state index in [1.165, 1.54) is 11.1 Å². The van der Waals surface area contributed by atoms with Gasteiger partial charge in [0.1, 0.15) is 0 Å². The monoisotopic (exact) mass is 387 g/mol. The van der Waals surface area contributed by atoms with E-state index in [2.05, 4.69) is 54.2 Å². The average molecular weight is 388 g/mol. The van der Waals surface area contributed by atoms with Crippen molar-refractivity contribution in [2.24, 2.45) is 0 Å². The zero-order valence-electron chi connectivity index (χ0n) is 16.4. The lowest BCUT2D eigenvalue weighted by Gasteiger charge is -2.35. The fraction of sp³-hybridized carbons (Fsp3) is 0.524. The molecule has 0 bridgehead atoms. The second kappa shape index (κ2) is 9.44. The molecule has 27 heavy (non-hydrogen) atoms. The summed E-state index contributed by atoms with van der Waals surface area (Å²) in [6.07, 6.45) is 1.77. The lowest BCUT2D eigenvalue weighted by molar-refractivity contribution is -0.120. The molecule has 146 valence electrons. The minimum Gasteiger partial charge on any atom is -0.373 e. The third-order valence-electron chi connectivity index (χ3n) is 4.73. The Labute approximate surface area is 165 Å². The van der Waals surface area contributed by atoms with Crippen molar-refractivity contribution < 1.29 is 9.53 Å². The quantitative estimate of drug-likeness (QED) is 0.793. The lowest BCUT2D eigenvalue weighted by atomic mass is 10.1. The first-order chi connectivity index (χ1) is 13.0. The Morgan fingerprint density at radius 2 is 1.96 bits per heavy atom. The summed E-state index contributed by atoms with van der Waals surface area (Å²) in [5.74, 6) is 0.0198. The van der Waals surface area contributed by atoms with E-state index in [1.807, 2.05) is 11.4 Å². The van der Waals surface area contributed by atoms with Gasteiger partial charge in [-0.3, -0.25) is 9.69 Å². The number of nitrogens with one attached hydrogen (secondary N) is 1. The number of morpholine rings is 1. The van der Waals surface area contributed by atoms with Gasteiger partial charge in [-0.15, -0.1) is 11.3 Å². The molecule has 0 spiro atoms. The maximum atomic E-state index is 12.3. The second-order valence-corrected chi connectivity index (χ2v) is 8.20. The van der Waals surface area contributed by atoms with Gasteiger partial charge in [0.15, 0.2) is 0 Å². The third kappa shape index (κ3) is 5.86. The SMILES string of the molecule is CCc1nc(CC(=O)NCc2ccccc2CN2C[C@@H](C)O[C@H](C)C2)cs1. The van der Waals surface area contributed by atoms with Crippen LogP contribution in [0.4, 0.5) is 0 Å². The Morgan fingerprint density at radius 3 is 2.63 bits per heavy atom. The molecule has 1 N–H and O–H groups in total. The fourth-order valence-electron chi connectivity index (χ4n) is 3.55. The summed E-state index contributed by atoms with van der Waals surface area (Å²) in [6, 6.07) is 8.35. The van der Waals surface area contributed by atoms with E-state index in [0.29, 0.717) is 13.0 Å². The number of hydrogen-bond donors (Lipinski definition) is 1. The van der Waals surface area contributed by atoms with Crippen LogP contribution in [0.1, 0.15) is 42.6 Å². The topological polar surface area (TPSA) is 54.5 Å². The molecule has 0 unspecified atom stereocenters. The van der Waals surface area contributed by atoms with Gasteiger partial charge in [0, 0.05) is 31.6 Å². The predicted octanol–water partition coefficient (Wildman–Crippen LogP) is 3.17. The van der Waals surface area contributed by atoms with E-state index in [9.17, 15) is 4.79 Å².